The van der Waals surface area contributed by atoms with Gasteiger partial charge in [0.15, 0.2) is 12.1 Å². The number of aliphatic imine (C=N–C) groups is 1. The fourth-order valence-corrected chi connectivity index (χ4v) is 9.01. The van der Waals surface area contributed by atoms with Gasteiger partial charge in [-0.3, -0.25) is 14.6 Å². The number of rotatable bonds is 5. The number of ether oxygens (including phenoxy) is 5. The molecule has 11 nitrogen and oxygen atoms in total. The Hall–Kier alpha value is -2.41. The van der Waals surface area contributed by atoms with Crippen LogP contribution in [-0.4, -0.2) is 109 Å². The maximum absolute atomic E-state index is 14.3. The average Bonchev–Trinajstić information content (AvgIpc) is 3.35. The quantitative estimate of drug-likeness (QED) is 0.333. The van der Waals surface area contributed by atoms with Gasteiger partial charge in [-0.2, -0.15) is 0 Å². The van der Waals surface area contributed by atoms with Crippen molar-refractivity contribution in [2.24, 2.45) is 28.7 Å². The van der Waals surface area contributed by atoms with E-state index in [9.17, 15) is 14.7 Å². The Labute approximate surface area is 292 Å². The molecule has 4 heterocycles. The molecule has 49 heavy (non-hydrogen) atoms. The number of fused-ring (bicyclic) bond motifs is 3. The van der Waals surface area contributed by atoms with Crippen LogP contribution in [0.15, 0.2) is 23.2 Å². The van der Waals surface area contributed by atoms with Crippen molar-refractivity contribution in [3.8, 4) is 0 Å². The normalized spacial score (nSPS) is 41.9. The molecule has 0 unspecified atom stereocenters. The van der Waals surface area contributed by atoms with Crippen molar-refractivity contribution in [1.29, 1.82) is 0 Å². The third-order valence-electron chi connectivity index (χ3n) is 11.9. The minimum absolute atomic E-state index is 0.104. The summed E-state index contributed by atoms with van der Waals surface area (Å²) in [6.07, 6.45) is -2.07. The zero-order valence-corrected chi connectivity index (χ0v) is 31.6. The highest BCUT2D eigenvalue weighted by Gasteiger charge is 2.57. The summed E-state index contributed by atoms with van der Waals surface area (Å²) >= 11 is 0. The Kier molecular flexibility index (Phi) is 11.0. The topological polar surface area (TPSA) is 119 Å². The van der Waals surface area contributed by atoms with Crippen LogP contribution < -0.4 is 4.90 Å². The fourth-order valence-electron chi connectivity index (χ4n) is 9.01. The van der Waals surface area contributed by atoms with Gasteiger partial charge in [-0.25, -0.2) is 0 Å². The molecular formula is C38H59N3O8. The number of hydrogen-bond donors (Lipinski definition) is 1. The minimum Gasteiger partial charge on any atom is -0.459 e. The van der Waals surface area contributed by atoms with Gasteiger partial charge in [0.05, 0.1) is 35.2 Å². The molecule has 1 N–H and O–H groups in total. The molecule has 274 valence electrons. The van der Waals surface area contributed by atoms with Crippen LogP contribution in [0.4, 0.5) is 11.4 Å². The number of carbonyl (C=O) groups is 2. The van der Waals surface area contributed by atoms with Crippen molar-refractivity contribution in [3.05, 3.63) is 23.8 Å². The maximum atomic E-state index is 14.3. The standard InChI is InChI=1S/C38H59N3O8/c1-13-29-38(9)33-23(5)30(39-26-16-20(2)14-15-27(26)41(33)19-46-38)21(3)18-37(8,45-12)34(24(6)31(42)25(7)35(44)48-29)49-36-32(43)28(40(10)11)17-22(4)47-36/h14-16,21-25,28-29,32-34,36,43H,13,17-19H2,1-12H3/t21-,22-,23-,24+,25-,28+,29-,32-,33-,34-,36+,37+,38-/m1/s1. The zero-order chi connectivity index (χ0) is 36.2. The van der Waals surface area contributed by atoms with Gasteiger partial charge in [0.1, 0.15) is 30.5 Å². The van der Waals surface area contributed by atoms with Crippen molar-refractivity contribution >= 4 is 28.8 Å². The van der Waals surface area contributed by atoms with E-state index in [1.807, 2.05) is 46.7 Å². The van der Waals surface area contributed by atoms with Gasteiger partial charge >= 0.3 is 5.97 Å². The molecule has 0 amide bonds. The van der Waals surface area contributed by atoms with Crippen LogP contribution >= 0.6 is 0 Å². The molecule has 0 saturated carbocycles. The second-order valence-corrected chi connectivity index (χ2v) is 15.7. The third-order valence-corrected chi connectivity index (χ3v) is 11.9. The van der Waals surface area contributed by atoms with Crippen molar-refractivity contribution in [2.45, 2.75) is 136 Å². The number of aliphatic hydroxyl groups excluding tert-OH is 1. The Morgan fingerprint density at radius 1 is 1.10 bits per heavy atom. The third kappa shape index (κ3) is 6.83. The van der Waals surface area contributed by atoms with Crippen LogP contribution in [-0.2, 0) is 33.3 Å². The molecule has 0 aliphatic carbocycles. The molecule has 11 heteroatoms. The number of ketones is 1. The van der Waals surface area contributed by atoms with Gasteiger partial charge < -0.3 is 38.6 Å². The van der Waals surface area contributed by atoms with Gasteiger partial charge in [-0.1, -0.05) is 33.8 Å². The maximum Gasteiger partial charge on any atom is 0.316 e. The van der Waals surface area contributed by atoms with Crippen LogP contribution in [0.25, 0.3) is 0 Å². The number of nitrogens with zero attached hydrogens (tertiary/aromatic N) is 3. The molecule has 4 aliphatic rings. The van der Waals surface area contributed by atoms with Gasteiger partial charge in [-0.15, -0.1) is 0 Å². The lowest BCUT2D eigenvalue weighted by molar-refractivity contribution is -0.295. The first kappa shape index (κ1) is 37.8. The number of anilines is 1. The Balaban J connectivity index is 1.65. The summed E-state index contributed by atoms with van der Waals surface area (Å²) < 4.78 is 32.2. The lowest BCUT2D eigenvalue weighted by Crippen LogP contribution is -2.60. The summed E-state index contributed by atoms with van der Waals surface area (Å²) in [6, 6.07) is 5.87. The highest BCUT2D eigenvalue weighted by Crippen LogP contribution is 2.48. The van der Waals surface area contributed by atoms with E-state index in [-0.39, 0.29) is 35.8 Å². The van der Waals surface area contributed by atoms with Gasteiger partial charge in [0.25, 0.3) is 0 Å². The molecule has 0 radical (unpaired) electrons. The molecule has 3 saturated heterocycles. The Bertz CT molecular complexity index is 1420. The van der Waals surface area contributed by atoms with Gasteiger partial charge in [-0.05, 0) is 91.6 Å². The van der Waals surface area contributed by atoms with Gasteiger partial charge in [0.2, 0.25) is 0 Å². The number of likely N-dealkylation sites (N-methyl/N-ethyl adjacent to an activating group) is 1. The molecule has 4 aliphatic heterocycles. The second-order valence-electron chi connectivity index (χ2n) is 15.7. The molecule has 13 atom stereocenters. The lowest BCUT2D eigenvalue weighted by atomic mass is 9.73. The van der Waals surface area contributed by atoms with E-state index >= 15 is 0 Å². The average molecular weight is 686 g/mol. The first-order chi connectivity index (χ1) is 23.0. The van der Waals surface area contributed by atoms with Crippen LogP contribution in [0.3, 0.4) is 0 Å². The minimum atomic E-state index is -1.07. The zero-order valence-electron chi connectivity index (χ0n) is 31.6. The molecule has 0 spiro atoms. The predicted molar refractivity (Wildman–Crippen MR) is 188 cm³/mol. The number of cyclic esters (lactones) is 1. The molecule has 1 aromatic carbocycles. The van der Waals surface area contributed by atoms with E-state index in [1.165, 1.54) is 0 Å². The summed E-state index contributed by atoms with van der Waals surface area (Å²) in [4.78, 5) is 37.8. The summed E-state index contributed by atoms with van der Waals surface area (Å²) in [5, 5.41) is 11.5. The van der Waals surface area contributed by atoms with E-state index in [0.717, 1.165) is 22.6 Å². The van der Waals surface area contributed by atoms with Crippen molar-refractivity contribution in [1.82, 2.24) is 4.90 Å². The number of aryl methyl sites for hydroxylation is 1. The monoisotopic (exact) mass is 685 g/mol. The molecule has 0 aromatic heterocycles. The van der Waals surface area contributed by atoms with Crippen LogP contribution in [0, 0.1) is 30.6 Å². The first-order valence-corrected chi connectivity index (χ1v) is 18.0. The summed E-state index contributed by atoms with van der Waals surface area (Å²) in [6.45, 7) is 18.0. The summed E-state index contributed by atoms with van der Waals surface area (Å²) in [5.41, 5.74) is 1.98. The van der Waals surface area contributed by atoms with Crippen LogP contribution in [0.1, 0.15) is 80.2 Å². The fraction of sp³-hybridized carbons (Fsp3) is 0.763. The van der Waals surface area contributed by atoms with E-state index in [0.29, 0.717) is 26.0 Å². The lowest BCUT2D eigenvalue weighted by Gasteiger charge is -2.47. The van der Waals surface area contributed by atoms with E-state index in [1.54, 1.807) is 21.0 Å². The first-order valence-electron chi connectivity index (χ1n) is 18.0. The number of Topliss-reactive ketones (excluding diaryl/α,β-unsaturated/α-hetero) is 1. The largest absolute Gasteiger partial charge is 0.459 e. The van der Waals surface area contributed by atoms with Crippen molar-refractivity contribution < 1.29 is 38.4 Å². The number of benzene rings is 1. The van der Waals surface area contributed by atoms with Crippen molar-refractivity contribution in [3.63, 3.8) is 0 Å². The van der Waals surface area contributed by atoms with Crippen molar-refractivity contribution in [2.75, 3.05) is 32.8 Å². The summed E-state index contributed by atoms with van der Waals surface area (Å²) in [7, 11) is 5.46. The molecule has 1 aromatic rings. The predicted octanol–water partition coefficient (Wildman–Crippen LogP) is 5.06. The second kappa shape index (κ2) is 14.3. The number of methoxy groups -OCH3 is 1. The Morgan fingerprint density at radius 3 is 2.43 bits per heavy atom. The number of carbonyl (C=O) groups excluding carboxylic acids is 2. The number of esters is 1. The van der Waals surface area contributed by atoms with Gasteiger partial charge in [0, 0.05) is 30.7 Å². The van der Waals surface area contributed by atoms with E-state index in [2.05, 4.69) is 43.9 Å². The highest BCUT2D eigenvalue weighted by atomic mass is 16.7. The smallest absolute Gasteiger partial charge is 0.316 e. The van der Waals surface area contributed by atoms with Crippen LogP contribution in [0.5, 0.6) is 0 Å². The SMILES string of the molecule is CC[C@H]1OC(=O)[C@H](C)C(=O)[C@H](C)[C@@H](O[C@@H]2O[C@H](C)C[C@H](N(C)C)[C@H]2O)[C@@](C)(OC)C[C@@H](C)C2=Nc3cc(C)ccc3N3CO[C@@]1(C)[C@H]3[C@@H]2C. The molecule has 2 bridgehead atoms. The summed E-state index contributed by atoms with van der Waals surface area (Å²) in [5.74, 6) is -3.04. The number of aliphatic hydroxyl groups is 1. The van der Waals surface area contributed by atoms with Crippen LogP contribution in [0.2, 0.25) is 0 Å². The van der Waals surface area contributed by atoms with E-state index < -0.39 is 53.6 Å². The van der Waals surface area contributed by atoms with E-state index in [4.69, 9.17) is 28.7 Å². The number of hydrogen-bond acceptors (Lipinski definition) is 11. The Morgan fingerprint density at radius 2 is 1.80 bits per heavy atom. The molecular weight excluding hydrogens is 626 g/mol. The highest BCUT2D eigenvalue weighted by molar-refractivity contribution is 6.00. The molecule has 5 rings (SSSR count). The molecule has 3 fully saturated rings.